The van der Waals surface area contributed by atoms with Crippen LogP contribution in [0.1, 0.15) is 13.8 Å². The first-order valence-corrected chi connectivity index (χ1v) is 4.49. The molecule has 15 heavy (non-hydrogen) atoms. The Kier molecular flexibility index (Phi) is 5.40. The third-order valence-corrected chi connectivity index (χ3v) is 1.75. The maximum atomic E-state index is 11.2. The van der Waals surface area contributed by atoms with Crippen molar-refractivity contribution in [2.45, 2.75) is 32.0 Å². The molecular formula is C9H16N2O4. The summed E-state index contributed by atoms with van der Waals surface area (Å²) in [6.07, 6.45) is 0.338. The van der Waals surface area contributed by atoms with Crippen LogP contribution in [0.4, 0.5) is 4.79 Å². The third kappa shape index (κ3) is 5.02. The SMILES string of the molecule is C=CC(C)NC(=O)N[C@H](C(=O)O)[C@@H](C)O. The molecule has 0 aliphatic heterocycles. The van der Waals surface area contributed by atoms with Gasteiger partial charge in [0.25, 0.3) is 0 Å². The Morgan fingerprint density at radius 3 is 2.20 bits per heavy atom. The number of aliphatic hydroxyl groups excluding tert-OH is 1. The summed E-state index contributed by atoms with van der Waals surface area (Å²) in [4.78, 5) is 21.8. The Bertz CT molecular complexity index is 252. The van der Waals surface area contributed by atoms with Crippen molar-refractivity contribution in [3.63, 3.8) is 0 Å². The Morgan fingerprint density at radius 2 is 1.87 bits per heavy atom. The number of carboxylic acids is 1. The van der Waals surface area contributed by atoms with E-state index < -0.39 is 24.1 Å². The topological polar surface area (TPSA) is 98.7 Å². The summed E-state index contributed by atoms with van der Waals surface area (Å²) < 4.78 is 0. The van der Waals surface area contributed by atoms with E-state index in [1.165, 1.54) is 13.0 Å². The highest BCUT2D eigenvalue weighted by Crippen LogP contribution is 1.93. The van der Waals surface area contributed by atoms with Crippen molar-refractivity contribution in [2.75, 3.05) is 0 Å². The van der Waals surface area contributed by atoms with Gasteiger partial charge in [-0.05, 0) is 13.8 Å². The predicted molar refractivity (Wildman–Crippen MR) is 54.4 cm³/mol. The maximum absolute atomic E-state index is 11.2. The van der Waals surface area contributed by atoms with Gasteiger partial charge in [-0.3, -0.25) is 0 Å². The number of rotatable bonds is 5. The normalized spacial score (nSPS) is 15.9. The first-order valence-electron chi connectivity index (χ1n) is 4.49. The molecule has 0 radical (unpaired) electrons. The van der Waals surface area contributed by atoms with Crippen LogP contribution in [0.3, 0.4) is 0 Å². The van der Waals surface area contributed by atoms with Gasteiger partial charge in [0.1, 0.15) is 0 Å². The van der Waals surface area contributed by atoms with E-state index in [2.05, 4.69) is 17.2 Å². The molecule has 6 nitrogen and oxygen atoms in total. The highest BCUT2D eigenvalue weighted by Gasteiger charge is 2.24. The first kappa shape index (κ1) is 13.4. The van der Waals surface area contributed by atoms with E-state index in [9.17, 15) is 9.59 Å². The highest BCUT2D eigenvalue weighted by atomic mass is 16.4. The Hall–Kier alpha value is -1.56. The van der Waals surface area contributed by atoms with Crippen molar-refractivity contribution < 1.29 is 19.8 Å². The average molecular weight is 216 g/mol. The summed E-state index contributed by atoms with van der Waals surface area (Å²) in [5.74, 6) is -1.29. The van der Waals surface area contributed by atoms with Gasteiger partial charge in [0.15, 0.2) is 6.04 Å². The molecule has 0 bridgehead atoms. The summed E-state index contributed by atoms with van der Waals surface area (Å²) in [7, 11) is 0. The molecule has 0 aromatic carbocycles. The Labute approximate surface area is 88.0 Å². The van der Waals surface area contributed by atoms with Gasteiger partial charge in [0.05, 0.1) is 6.10 Å². The van der Waals surface area contributed by atoms with Gasteiger partial charge in [0.2, 0.25) is 0 Å². The van der Waals surface area contributed by atoms with Crippen LogP contribution >= 0.6 is 0 Å². The quantitative estimate of drug-likeness (QED) is 0.474. The molecular weight excluding hydrogens is 200 g/mol. The van der Waals surface area contributed by atoms with E-state index in [1.807, 2.05) is 0 Å². The molecule has 0 saturated carbocycles. The number of carbonyl (C=O) groups is 2. The molecule has 86 valence electrons. The van der Waals surface area contributed by atoms with Crippen LogP contribution in [0.25, 0.3) is 0 Å². The van der Waals surface area contributed by atoms with Crippen LogP contribution in [0.2, 0.25) is 0 Å². The average Bonchev–Trinajstić information content (AvgIpc) is 2.12. The van der Waals surface area contributed by atoms with Crippen molar-refractivity contribution in [3.8, 4) is 0 Å². The van der Waals surface area contributed by atoms with Gasteiger partial charge < -0.3 is 20.8 Å². The lowest BCUT2D eigenvalue weighted by atomic mass is 10.2. The van der Waals surface area contributed by atoms with E-state index in [0.29, 0.717) is 0 Å². The van der Waals surface area contributed by atoms with E-state index in [0.717, 1.165) is 0 Å². The zero-order valence-corrected chi connectivity index (χ0v) is 8.73. The molecule has 1 unspecified atom stereocenters. The van der Waals surface area contributed by atoms with Gasteiger partial charge >= 0.3 is 12.0 Å². The fourth-order valence-electron chi connectivity index (χ4n) is 0.837. The molecule has 4 N–H and O–H groups in total. The summed E-state index contributed by atoms with van der Waals surface area (Å²) in [6.45, 7) is 6.43. The second-order valence-electron chi connectivity index (χ2n) is 3.20. The number of aliphatic hydroxyl groups is 1. The number of urea groups is 1. The Balaban J connectivity index is 4.24. The lowest BCUT2D eigenvalue weighted by Crippen LogP contribution is -2.52. The molecule has 3 atom stereocenters. The second kappa shape index (κ2) is 6.02. The van der Waals surface area contributed by atoms with E-state index in [-0.39, 0.29) is 6.04 Å². The highest BCUT2D eigenvalue weighted by molar-refractivity contribution is 5.83. The zero-order chi connectivity index (χ0) is 12.0. The van der Waals surface area contributed by atoms with Crippen molar-refractivity contribution >= 4 is 12.0 Å². The lowest BCUT2D eigenvalue weighted by molar-refractivity contribution is -0.141. The summed E-state index contributed by atoms with van der Waals surface area (Å²) in [6, 6.07) is -2.24. The molecule has 0 rings (SSSR count). The van der Waals surface area contributed by atoms with Crippen molar-refractivity contribution in [1.29, 1.82) is 0 Å². The van der Waals surface area contributed by atoms with Gasteiger partial charge in [0, 0.05) is 6.04 Å². The molecule has 0 aromatic rings. The molecule has 0 saturated heterocycles. The van der Waals surface area contributed by atoms with Crippen LogP contribution in [0.15, 0.2) is 12.7 Å². The first-order chi connectivity index (χ1) is 6.88. The number of amides is 2. The maximum Gasteiger partial charge on any atom is 0.328 e. The van der Waals surface area contributed by atoms with Crippen LogP contribution in [0, 0.1) is 0 Å². The number of hydrogen-bond donors (Lipinski definition) is 4. The molecule has 0 heterocycles. The summed E-state index contributed by atoms with van der Waals surface area (Å²) in [5, 5.41) is 22.3. The number of nitrogens with one attached hydrogen (secondary N) is 2. The molecule has 0 aromatic heterocycles. The number of carbonyl (C=O) groups excluding carboxylic acids is 1. The third-order valence-electron chi connectivity index (χ3n) is 1.75. The summed E-state index contributed by atoms with van der Waals surface area (Å²) in [5.41, 5.74) is 0. The van der Waals surface area contributed by atoms with Crippen LogP contribution in [-0.2, 0) is 4.79 Å². The largest absolute Gasteiger partial charge is 0.480 e. The molecule has 6 heteroatoms. The minimum Gasteiger partial charge on any atom is -0.480 e. The monoisotopic (exact) mass is 216 g/mol. The van der Waals surface area contributed by atoms with Crippen molar-refractivity contribution in [1.82, 2.24) is 10.6 Å². The predicted octanol–water partition coefficient (Wildman–Crippen LogP) is -0.306. The van der Waals surface area contributed by atoms with Crippen molar-refractivity contribution in [3.05, 3.63) is 12.7 Å². The number of hydrogen-bond acceptors (Lipinski definition) is 3. The Morgan fingerprint density at radius 1 is 1.33 bits per heavy atom. The van der Waals surface area contributed by atoms with E-state index in [1.54, 1.807) is 6.92 Å². The van der Waals surface area contributed by atoms with Crippen LogP contribution in [-0.4, -0.2) is 40.4 Å². The standard InChI is InChI=1S/C9H16N2O4/c1-4-5(2)10-9(15)11-7(6(3)12)8(13)14/h4-7,12H,1H2,2-3H3,(H,13,14)(H2,10,11,15)/t5?,6-,7+/m1/s1. The lowest BCUT2D eigenvalue weighted by Gasteiger charge is -2.18. The molecule has 0 aliphatic carbocycles. The van der Waals surface area contributed by atoms with Crippen molar-refractivity contribution in [2.24, 2.45) is 0 Å². The van der Waals surface area contributed by atoms with Gasteiger partial charge in [-0.2, -0.15) is 0 Å². The molecule has 0 spiro atoms. The molecule has 2 amide bonds. The fraction of sp³-hybridized carbons (Fsp3) is 0.556. The van der Waals surface area contributed by atoms with E-state index >= 15 is 0 Å². The number of aliphatic carboxylic acids is 1. The van der Waals surface area contributed by atoms with Gasteiger partial charge in [-0.1, -0.05) is 6.08 Å². The van der Waals surface area contributed by atoms with Gasteiger partial charge in [-0.25, -0.2) is 9.59 Å². The summed E-state index contributed by atoms with van der Waals surface area (Å²) >= 11 is 0. The minimum absolute atomic E-state index is 0.270. The van der Waals surface area contributed by atoms with Gasteiger partial charge in [-0.15, -0.1) is 6.58 Å². The number of carboxylic acid groups (broad SMARTS) is 1. The molecule has 0 fully saturated rings. The second-order valence-corrected chi connectivity index (χ2v) is 3.20. The van der Waals surface area contributed by atoms with Crippen LogP contribution < -0.4 is 10.6 Å². The molecule has 0 aliphatic rings. The van der Waals surface area contributed by atoms with E-state index in [4.69, 9.17) is 10.2 Å². The fourth-order valence-corrected chi connectivity index (χ4v) is 0.837. The zero-order valence-electron chi connectivity index (χ0n) is 8.73. The minimum atomic E-state index is -1.32. The van der Waals surface area contributed by atoms with Crippen LogP contribution in [0.5, 0.6) is 0 Å². The smallest absolute Gasteiger partial charge is 0.328 e.